The van der Waals surface area contributed by atoms with E-state index in [1.165, 1.54) is 11.3 Å². The molecule has 1 aliphatic heterocycles. The lowest BCUT2D eigenvalue weighted by Gasteiger charge is -2.19. The maximum absolute atomic E-state index is 13.1. The van der Waals surface area contributed by atoms with Crippen molar-refractivity contribution in [2.24, 2.45) is 0 Å². The van der Waals surface area contributed by atoms with E-state index in [0.717, 1.165) is 31.8 Å². The molecule has 5 atom stereocenters. The molecule has 0 amide bonds. The van der Waals surface area contributed by atoms with Crippen LogP contribution in [0.15, 0.2) is 58.4 Å². The Balaban J connectivity index is 1.52. The molecule has 0 aliphatic carbocycles. The maximum Gasteiger partial charge on any atom is 0.481 e. The molecule has 0 spiro atoms. The molecule has 0 bridgehead atoms. The number of hydrogen-bond donors (Lipinski definition) is 5. The summed E-state index contributed by atoms with van der Waals surface area (Å²) in [6.45, 7) is -1.11. The van der Waals surface area contributed by atoms with E-state index < -0.39 is 58.0 Å². The highest BCUT2D eigenvalue weighted by Gasteiger charge is 2.46. The van der Waals surface area contributed by atoms with E-state index in [9.17, 15) is 33.8 Å². The first kappa shape index (κ1) is 27.7. The summed E-state index contributed by atoms with van der Waals surface area (Å²) in [6, 6.07) is 10.4. The van der Waals surface area contributed by atoms with Crippen molar-refractivity contribution < 1.29 is 47.6 Å². The Bertz CT molecular complexity index is 1470. The molecule has 1 aromatic carbocycles. The van der Waals surface area contributed by atoms with E-state index >= 15 is 0 Å². The number of nitrogens with zero attached hydrogens (tertiary/aromatic N) is 3. The summed E-state index contributed by atoms with van der Waals surface area (Å²) in [5.41, 5.74) is -0.631. The third-order valence-electron chi connectivity index (χ3n) is 5.22. The molecule has 1 aliphatic rings. The van der Waals surface area contributed by atoms with Gasteiger partial charge in [0.15, 0.2) is 6.23 Å². The third-order valence-corrected chi connectivity index (χ3v) is 8.41. The SMILES string of the molecule is O=c1ccn([C@@H]2O[C@H](COP(=O)(O)OP(=O)(O)O)C(O)C2O)c(=O)n1Cc1ncc(-c2ccccc2)s1. The van der Waals surface area contributed by atoms with Crippen molar-refractivity contribution in [2.45, 2.75) is 31.1 Å². The fraction of sp³-hybridized carbons (Fsp3) is 0.316. The van der Waals surface area contributed by atoms with Crippen LogP contribution in [0.4, 0.5) is 0 Å². The van der Waals surface area contributed by atoms with Gasteiger partial charge in [-0.05, 0) is 5.56 Å². The standard InChI is InChI=1S/C19H21N3O12P2S/c23-15-6-7-21(18-17(25)16(24)12(33-18)10-32-36(30,31)34-35(27,28)29)19(26)22(15)9-14-20-8-13(37-14)11-4-2-1-3-5-11/h1-8,12,16-18,24-25H,9-10H2,(H,30,31)(H2,27,28,29)/t12-,16?,17?,18-/m1/s1. The molecule has 4 rings (SSSR count). The molecule has 3 unspecified atom stereocenters. The van der Waals surface area contributed by atoms with E-state index in [1.807, 2.05) is 30.3 Å². The molecule has 1 fully saturated rings. The van der Waals surface area contributed by atoms with E-state index in [0.29, 0.717) is 5.01 Å². The molecule has 0 radical (unpaired) electrons. The van der Waals surface area contributed by atoms with Crippen molar-refractivity contribution in [3.8, 4) is 10.4 Å². The van der Waals surface area contributed by atoms with E-state index in [2.05, 4.69) is 13.8 Å². The predicted molar refractivity (Wildman–Crippen MR) is 126 cm³/mol. The van der Waals surface area contributed by atoms with Crippen LogP contribution in [0.5, 0.6) is 0 Å². The summed E-state index contributed by atoms with van der Waals surface area (Å²) in [4.78, 5) is 57.3. The first-order chi connectivity index (χ1) is 17.3. The second-order valence-electron chi connectivity index (χ2n) is 7.80. The van der Waals surface area contributed by atoms with Crippen LogP contribution in [-0.4, -0.2) is 63.9 Å². The van der Waals surface area contributed by atoms with Gasteiger partial charge in [-0.15, -0.1) is 11.3 Å². The van der Waals surface area contributed by atoms with Crippen molar-refractivity contribution in [3.63, 3.8) is 0 Å². The normalized spacial score (nSPS) is 23.7. The van der Waals surface area contributed by atoms with E-state index in [4.69, 9.17) is 14.5 Å². The first-order valence-corrected chi connectivity index (χ1v) is 14.3. The third kappa shape index (κ3) is 6.57. The monoisotopic (exact) mass is 577 g/mol. The van der Waals surface area contributed by atoms with Gasteiger partial charge in [-0.2, -0.15) is 4.31 Å². The van der Waals surface area contributed by atoms with Gasteiger partial charge in [0, 0.05) is 18.5 Å². The molecule has 2 aromatic heterocycles. The van der Waals surface area contributed by atoms with Crippen LogP contribution in [0.3, 0.4) is 0 Å². The molecule has 5 N–H and O–H groups in total. The summed E-state index contributed by atoms with van der Waals surface area (Å²) in [6.07, 6.45) is -3.83. The largest absolute Gasteiger partial charge is 0.481 e. The molecule has 3 heterocycles. The Morgan fingerprint density at radius 1 is 1.05 bits per heavy atom. The summed E-state index contributed by atoms with van der Waals surface area (Å²) in [5.74, 6) is 0. The second kappa shape index (κ2) is 10.8. The number of aromatic nitrogens is 3. The Hall–Kier alpha value is -2.33. The number of thiazole rings is 1. The molecule has 0 saturated carbocycles. The van der Waals surface area contributed by atoms with Gasteiger partial charge < -0.3 is 29.6 Å². The van der Waals surface area contributed by atoms with Gasteiger partial charge in [0.25, 0.3) is 5.56 Å². The van der Waals surface area contributed by atoms with Crippen LogP contribution in [0, 0.1) is 0 Å². The molecule has 15 nitrogen and oxygen atoms in total. The van der Waals surface area contributed by atoms with Crippen LogP contribution < -0.4 is 11.2 Å². The average Bonchev–Trinajstić information content (AvgIpc) is 3.40. The van der Waals surface area contributed by atoms with Crippen LogP contribution in [0.25, 0.3) is 10.4 Å². The fourth-order valence-corrected chi connectivity index (χ4v) is 6.06. The fourth-order valence-electron chi connectivity index (χ4n) is 3.55. The summed E-state index contributed by atoms with van der Waals surface area (Å²) < 4.78 is 37.6. The minimum atomic E-state index is -5.37. The lowest BCUT2D eigenvalue weighted by atomic mass is 10.1. The van der Waals surface area contributed by atoms with E-state index in [1.54, 1.807) is 6.20 Å². The Labute approximate surface area is 211 Å². The number of rotatable bonds is 9. The zero-order valence-electron chi connectivity index (χ0n) is 18.6. The van der Waals surface area contributed by atoms with Crippen molar-refractivity contribution in [1.82, 2.24) is 14.1 Å². The van der Waals surface area contributed by atoms with Crippen LogP contribution in [-0.2, 0) is 29.2 Å². The van der Waals surface area contributed by atoms with Crippen LogP contribution >= 0.6 is 27.0 Å². The smallest absolute Gasteiger partial charge is 0.387 e. The molecular weight excluding hydrogens is 556 g/mol. The number of aliphatic hydroxyl groups excluding tert-OH is 2. The quantitative estimate of drug-likeness (QED) is 0.212. The zero-order valence-corrected chi connectivity index (χ0v) is 21.2. The first-order valence-electron chi connectivity index (χ1n) is 10.4. The lowest BCUT2D eigenvalue weighted by Crippen LogP contribution is -2.43. The molecule has 1 saturated heterocycles. The number of hydrogen-bond acceptors (Lipinski definition) is 11. The molecule has 37 heavy (non-hydrogen) atoms. The molecule has 18 heteroatoms. The van der Waals surface area contributed by atoms with Gasteiger partial charge in [0.2, 0.25) is 0 Å². The van der Waals surface area contributed by atoms with Crippen molar-refractivity contribution in [2.75, 3.05) is 6.61 Å². The Morgan fingerprint density at radius 3 is 2.43 bits per heavy atom. The summed E-state index contributed by atoms with van der Waals surface area (Å²) >= 11 is 1.28. The summed E-state index contributed by atoms with van der Waals surface area (Å²) in [5, 5.41) is 21.1. The number of phosphoric ester groups is 1. The minimum Gasteiger partial charge on any atom is -0.387 e. The highest BCUT2D eigenvalue weighted by atomic mass is 32.1. The number of phosphoric acid groups is 2. The molecular formula is C19H21N3O12P2S. The average molecular weight is 577 g/mol. The topological polar surface area (TPSA) is 220 Å². The molecule has 3 aromatic rings. The number of benzene rings is 1. The lowest BCUT2D eigenvalue weighted by molar-refractivity contribution is -0.0547. The van der Waals surface area contributed by atoms with Gasteiger partial charge in [-0.25, -0.2) is 18.9 Å². The summed E-state index contributed by atoms with van der Waals surface area (Å²) in [7, 11) is -10.6. The second-order valence-corrected chi connectivity index (χ2v) is 11.7. The highest BCUT2D eigenvalue weighted by molar-refractivity contribution is 7.60. The van der Waals surface area contributed by atoms with Crippen LogP contribution in [0.2, 0.25) is 0 Å². The minimum absolute atomic E-state index is 0.179. The van der Waals surface area contributed by atoms with Crippen molar-refractivity contribution in [3.05, 3.63) is 74.6 Å². The van der Waals surface area contributed by atoms with Gasteiger partial charge in [-0.3, -0.25) is 18.5 Å². The van der Waals surface area contributed by atoms with Gasteiger partial charge in [0.05, 0.1) is 18.0 Å². The predicted octanol–water partition coefficient (Wildman–Crippen LogP) is 0.0273. The highest BCUT2D eigenvalue weighted by Crippen LogP contribution is 2.57. The maximum atomic E-state index is 13.1. The van der Waals surface area contributed by atoms with Gasteiger partial charge in [-0.1, -0.05) is 30.3 Å². The van der Waals surface area contributed by atoms with Crippen molar-refractivity contribution in [1.29, 1.82) is 0 Å². The van der Waals surface area contributed by atoms with E-state index in [-0.39, 0.29) is 6.54 Å². The van der Waals surface area contributed by atoms with Crippen molar-refractivity contribution >= 4 is 27.0 Å². The number of aliphatic hydroxyl groups is 2. The molecule has 200 valence electrons. The zero-order chi connectivity index (χ0) is 27.0. The number of ether oxygens (including phenoxy) is 1. The van der Waals surface area contributed by atoms with Gasteiger partial charge in [0.1, 0.15) is 23.3 Å². The van der Waals surface area contributed by atoms with Crippen LogP contribution in [0.1, 0.15) is 11.2 Å². The Morgan fingerprint density at radius 2 is 1.76 bits per heavy atom. The van der Waals surface area contributed by atoms with Gasteiger partial charge >= 0.3 is 21.3 Å². The Kier molecular flexibility index (Phi) is 8.09.